The van der Waals surface area contributed by atoms with E-state index >= 15 is 0 Å². The molecule has 0 fully saturated rings. The highest BCUT2D eigenvalue weighted by Gasteiger charge is 2.16. The molecule has 2 amide bonds. The molecule has 5 heteroatoms. The number of anilines is 1. The summed E-state index contributed by atoms with van der Waals surface area (Å²) in [7, 11) is 0. The topological polar surface area (TPSA) is 49.4 Å². The first-order valence-electron chi connectivity index (χ1n) is 8.52. The highest BCUT2D eigenvalue weighted by Crippen LogP contribution is 2.16. The van der Waals surface area contributed by atoms with Gasteiger partial charge in [-0.3, -0.25) is 9.59 Å². The number of nitrogens with one attached hydrogen (secondary N) is 1. The van der Waals surface area contributed by atoms with Gasteiger partial charge in [-0.1, -0.05) is 32.0 Å². The second kappa shape index (κ2) is 8.97. The van der Waals surface area contributed by atoms with Crippen molar-refractivity contribution in [2.24, 2.45) is 0 Å². The first-order valence-corrected chi connectivity index (χ1v) is 8.52. The van der Waals surface area contributed by atoms with Crippen LogP contribution in [0.5, 0.6) is 0 Å². The Morgan fingerprint density at radius 1 is 1.00 bits per heavy atom. The summed E-state index contributed by atoms with van der Waals surface area (Å²) < 4.78 is 13.7. The molecule has 2 aromatic rings. The number of carbonyl (C=O) groups is 2. The summed E-state index contributed by atoms with van der Waals surface area (Å²) in [5.41, 5.74) is 0.943. The molecule has 1 N–H and O–H groups in total. The van der Waals surface area contributed by atoms with Gasteiger partial charge in [0, 0.05) is 24.3 Å². The van der Waals surface area contributed by atoms with Crippen molar-refractivity contribution >= 4 is 17.5 Å². The monoisotopic (exact) mass is 342 g/mol. The molecular formula is C20H23FN2O2. The zero-order chi connectivity index (χ0) is 18.2. The van der Waals surface area contributed by atoms with Gasteiger partial charge in [-0.2, -0.15) is 0 Å². The van der Waals surface area contributed by atoms with Crippen molar-refractivity contribution in [3.63, 3.8) is 0 Å². The normalized spacial score (nSPS) is 10.4. The Labute approximate surface area is 147 Å². The molecule has 0 radical (unpaired) electrons. The van der Waals surface area contributed by atoms with E-state index in [1.54, 1.807) is 35.2 Å². The van der Waals surface area contributed by atoms with Crippen LogP contribution in [0.15, 0.2) is 48.5 Å². The third-order valence-electron chi connectivity index (χ3n) is 3.76. The highest BCUT2D eigenvalue weighted by molar-refractivity contribution is 6.05. The first-order chi connectivity index (χ1) is 12.1. The molecule has 0 aromatic heterocycles. The zero-order valence-electron chi connectivity index (χ0n) is 14.6. The SMILES string of the molecule is CCCN(CCC)C(=O)c1cccc(NC(=O)c2ccccc2F)c1. The quantitative estimate of drug-likeness (QED) is 0.814. The Morgan fingerprint density at radius 3 is 2.32 bits per heavy atom. The van der Waals surface area contributed by atoms with E-state index in [0.29, 0.717) is 24.3 Å². The molecular weight excluding hydrogens is 319 g/mol. The van der Waals surface area contributed by atoms with Crippen LogP contribution in [-0.4, -0.2) is 29.8 Å². The van der Waals surface area contributed by atoms with Crippen LogP contribution in [0, 0.1) is 5.82 Å². The van der Waals surface area contributed by atoms with E-state index in [4.69, 9.17) is 0 Å². The van der Waals surface area contributed by atoms with Gasteiger partial charge in [0.05, 0.1) is 5.56 Å². The first kappa shape index (κ1) is 18.6. The summed E-state index contributed by atoms with van der Waals surface area (Å²) in [6.45, 7) is 5.44. The number of hydrogen-bond acceptors (Lipinski definition) is 2. The molecule has 0 aliphatic carbocycles. The molecule has 0 aliphatic heterocycles. The average molecular weight is 342 g/mol. The molecule has 4 nitrogen and oxygen atoms in total. The van der Waals surface area contributed by atoms with E-state index in [9.17, 15) is 14.0 Å². The lowest BCUT2D eigenvalue weighted by molar-refractivity contribution is 0.0755. The molecule has 0 spiro atoms. The lowest BCUT2D eigenvalue weighted by atomic mass is 10.1. The fourth-order valence-electron chi connectivity index (χ4n) is 2.61. The molecule has 0 heterocycles. The van der Waals surface area contributed by atoms with Gasteiger partial charge in [0.25, 0.3) is 11.8 Å². The summed E-state index contributed by atoms with van der Waals surface area (Å²) in [4.78, 5) is 26.7. The molecule has 132 valence electrons. The lowest BCUT2D eigenvalue weighted by Crippen LogP contribution is -2.32. The molecule has 0 unspecified atom stereocenters. The Balaban J connectivity index is 2.17. The van der Waals surface area contributed by atoms with Crippen LogP contribution in [-0.2, 0) is 0 Å². The summed E-state index contributed by atoms with van der Waals surface area (Å²) in [5, 5.41) is 2.65. The molecule has 2 aromatic carbocycles. The summed E-state index contributed by atoms with van der Waals surface area (Å²) in [5.74, 6) is -1.18. The van der Waals surface area contributed by atoms with Crippen LogP contribution in [0.2, 0.25) is 0 Å². The third-order valence-corrected chi connectivity index (χ3v) is 3.76. The van der Waals surface area contributed by atoms with Crippen LogP contribution in [0.4, 0.5) is 10.1 Å². The molecule has 2 rings (SSSR count). The molecule has 0 atom stereocenters. The maximum Gasteiger partial charge on any atom is 0.258 e. The van der Waals surface area contributed by atoms with Crippen molar-refractivity contribution in [2.75, 3.05) is 18.4 Å². The number of hydrogen-bond donors (Lipinski definition) is 1. The number of benzene rings is 2. The van der Waals surface area contributed by atoms with E-state index in [2.05, 4.69) is 5.32 Å². The van der Waals surface area contributed by atoms with E-state index in [1.165, 1.54) is 18.2 Å². The van der Waals surface area contributed by atoms with E-state index in [-0.39, 0.29) is 11.5 Å². The lowest BCUT2D eigenvalue weighted by Gasteiger charge is -2.21. The minimum atomic E-state index is -0.579. The van der Waals surface area contributed by atoms with Crippen LogP contribution in [0.25, 0.3) is 0 Å². The number of amides is 2. The molecule has 0 aliphatic rings. The highest BCUT2D eigenvalue weighted by atomic mass is 19.1. The van der Waals surface area contributed by atoms with Gasteiger partial charge in [-0.05, 0) is 43.2 Å². The number of nitrogens with zero attached hydrogens (tertiary/aromatic N) is 1. The Kier molecular flexibility index (Phi) is 6.69. The van der Waals surface area contributed by atoms with E-state index < -0.39 is 11.7 Å². The van der Waals surface area contributed by atoms with Crippen molar-refractivity contribution in [1.82, 2.24) is 4.90 Å². The molecule has 0 bridgehead atoms. The van der Waals surface area contributed by atoms with Gasteiger partial charge in [0.1, 0.15) is 5.82 Å². The predicted octanol–water partition coefficient (Wildman–Crippen LogP) is 4.34. The minimum Gasteiger partial charge on any atom is -0.339 e. The van der Waals surface area contributed by atoms with Crippen LogP contribution in [0.1, 0.15) is 47.4 Å². The number of carbonyl (C=O) groups excluding carboxylic acids is 2. The number of rotatable bonds is 7. The Hall–Kier alpha value is -2.69. The largest absolute Gasteiger partial charge is 0.339 e. The maximum absolute atomic E-state index is 13.7. The van der Waals surface area contributed by atoms with E-state index in [0.717, 1.165) is 12.8 Å². The van der Waals surface area contributed by atoms with Gasteiger partial charge in [0.15, 0.2) is 0 Å². The van der Waals surface area contributed by atoms with Crippen molar-refractivity contribution < 1.29 is 14.0 Å². The Bertz CT molecular complexity index is 740. The van der Waals surface area contributed by atoms with Crippen molar-refractivity contribution in [1.29, 1.82) is 0 Å². The van der Waals surface area contributed by atoms with Gasteiger partial charge in [-0.15, -0.1) is 0 Å². The second-order valence-electron chi connectivity index (χ2n) is 5.81. The van der Waals surface area contributed by atoms with Crippen LogP contribution >= 0.6 is 0 Å². The summed E-state index contributed by atoms with van der Waals surface area (Å²) >= 11 is 0. The second-order valence-corrected chi connectivity index (χ2v) is 5.81. The van der Waals surface area contributed by atoms with Gasteiger partial charge < -0.3 is 10.2 Å². The van der Waals surface area contributed by atoms with Crippen molar-refractivity contribution in [2.45, 2.75) is 26.7 Å². The fraction of sp³-hybridized carbons (Fsp3) is 0.300. The van der Waals surface area contributed by atoms with Gasteiger partial charge in [-0.25, -0.2) is 4.39 Å². The maximum atomic E-state index is 13.7. The predicted molar refractivity (Wildman–Crippen MR) is 97.3 cm³/mol. The summed E-state index contributed by atoms with van der Waals surface area (Å²) in [6, 6.07) is 12.5. The van der Waals surface area contributed by atoms with Crippen molar-refractivity contribution in [3.05, 3.63) is 65.5 Å². The Morgan fingerprint density at radius 2 is 1.68 bits per heavy atom. The molecule has 0 saturated carbocycles. The zero-order valence-corrected chi connectivity index (χ0v) is 14.6. The van der Waals surface area contributed by atoms with E-state index in [1.807, 2.05) is 13.8 Å². The van der Waals surface area contributed by atoms with Crippen molar-refractivity contribution in [3.8, 4) is 0 Å². The average Bonchev–Trinajstić information content (AvgIpc) is 2.61. The fourth-order valence-corrected chi connectivity index (χ4v) is 2.61. The van der Waals surface area contributed by atoms with Crippen LogP contribution < -0.4 is 5.32 Å². The number of halogens is 1. The molecule has 0 saturated heterocycles. The molecule has 25 heavy (non-hydrogen) atoms. The van der Waals surface area contributed by atoms with Crippen LogP contribution in [0.3, 0.4) is 0 Å². The van der Waals surface area contributed by atoms with Gasteiger partial charge in [0.2, 0.25) is 0 Å². The third kappa shape index (κ3) is 4.89. The minimum absolute atomic E-state index is 0.0298. The smallest absolute Gasteiger partial charge is 0.258 e. The summed E-state index contributed by atoms with van der Waals surface area (Å²) in [6.07, 6.45) is 1.77. The van der Waals surface area contributed by atoms with Gasteiger partial charge >= 0.3 is 0 Å². The standard InChI is InChI=1S/C20H23FN2O2/c1-3-12-23(13-4-2)20(25)15-8-7-9-16(14-15)22-19(24)17-10-5-6-11-18(17)21/h5-11,14H,3-4,12-13H2,1-2H3,(H,22,24).